The molecule has 1 atom stereocenters. The van der Waals surface area contributed by atoms with E-state index in [2.05, 4.69) is 0 Å². The van der Waals surface area contributed by atoms with Crippen LogP contribution in [0.2, 0.25) is 0 Å². The van der Waals surface area contributed by atoms with Crippen LogP contribution in [0.4, 0.5) is 0 Å². The van der Waals surface area contributed by atoms with Gasteiger partial charge in [0.1, 0.15) is 11.5 Å². The van der Waals surface area contributed by atoms with Gasteiger partial charge in [-0.15, -0.1) is 0 Å². The molecule has 1 unspecified atom stereocenters. The molecule has 3 aromatic carbocycles. The highest BCUT2D eigenvalue weighted by atomic mass is 16.3. The summed E-state index contributed by atoms with van der Waals surface area (Å²) in [6, 6.07) is 21.3. The maximum Gasteiger partial charge on any atom is 0.196 e. The first-order valence-electron chi connectivity index (χ1n) is 7.78. The predicted molar refractivity (Wildman–Crippen MR) is 93.6 cm³/mol. The normalized spacial score (nSPS) is 11.9. The molecule has 0 fully saturated rings. The van der Waals surface area contributed by atoms with E-state index < -0.39 is 0 Å². The number of hydrogen-bond acceptors (Lipinski definition) is 3. The number of carbonyl (C=O) groups is 1. The molecule has 0 aromatic heterocycles. The monoisotopic (exact) mass is 318 g/mol. The summed E-state index contributed by atoms with van der Waals surface area (Å²) in [6.07, 6.45) is 0. The smallest absolute Gasteiger partial charge is 0.196 e. The molecule has 3 heteroatoms. The van der Waals surface area contributed by atoms with E-state index in [9.17, 15) is 15.0 Å². The van der Waals surface area contributed by atoms with Crippen molar-refractivity contribution < 1.29 is 15.0 Å². The third kappa shape index (κ3) is 3.01. The molecule has 24 heavy (non-hydrogen) atoms. The first-order chi connectivity index (χ1) is 11.6. The lowest BCUT2D eigenvalue weighted by molar-refractivity contribution is 0.103. The van der Waals surface area contributed by atoms with E-state index in [4.69, 9.17) is 0 Å². The third-order valence-electron chi connectivity index (χ3n) is 4.19. The van der Waals surface area contributed by atoms with Crippen molar-refractivity contribution >= 4 is 5.78 Å². The first-order valence-corrected chi connectivity index (χ1v) is 7.78. The van der Waals surface area contributed by atoms with Gasteiger partial charge in [0.05, 0.1) is 5.56 Å². The SMILES string of the molecule is CC(c1ccccc1)c1cc(C(=O)c2ccccc2)c(O)cc1O. The van der Waals surface area contributed by atoms with E-state index in [1.165, 1.54) is 6.07 Å². The Balaban J connectivity index is 2.05. The molecule has 3 aromatic rings. The quantitative estimate of drug-likeness (QED) is 0.697. The molecular formula is C21H18O3. The van der Waals surface area contributed by atoms with Gasteiger partial charge in [0.15, 0.2) is 5.78 Å². The van der Waals surface area contributed by atoms with Crippen LogP contribution in [0.1, 0.15) is 39.9 Å². The van der Waals surface area contributed by atoms with Crippen LogP contribution < -0.4 is 0 Å². The molecule has 3 rings (SSSR count). The zero-order valence-corrected chi connectivity index (χ0v) is 13.3. The second-order valence-corrected chi connectivity index (χ2v) is 5.76. The predicted octanol–water partition coefficient (Wildman–Crippen LogP) is 4.48. The van der Waals surface area contributed by atoms with Gasteiger partial charge in [-0.05, 0) is 11.6 Å². The highest BCUT2D eigenvalue weighted by molar-refractivity contribution is 6.10. The Labute approximate surface area is 140 Å². The van der Waals surface area contributed by atoms with Crippen molar-refractivity contribution in [3.05, 3.63) is 95.1 Å². The molecule has 0 bridgehead atoms. The molecule has 3 nitrogen and oxygen atoms in total. The molecule has 0 heterocycles. The van der Waals surface area contributed by atoms with Crippen LogP contribution in [-0.2, 0) is 0 Å². The van der Waals surface area contributed by atoms with E-state index in [0.717, 1.165) is 5.56 Å². The zero-order valence-electron chi connectivity index (χ0n) is 13.3. The highest BCUT2D eigenvalue weighted by Gasteiger charge is 2.20. The van der Waals surface area contributed by atoms with Crippen LogP contribution in [0.25, 0.3) is 0 Å². The van der Waals surface area contributed by atoms with E-state index in [1.807, 2.05) is 43.3 Å². The molecule has 0 aliphatic heterocycles. The lowest BCUT2D eigenvalue weighted by Gasteiger charge is -2.16. The topological polar surface area (TPSA) is 57.5 Å². The average molecular weight is 318 g/mol. The van der Waals surface area contributed by atoms with Crippen molar-refractivity contribution in [1.29, 1.82) is 0 Å². The maximum atomic E-state index is 12.6. The summed E-state index contributed by atoms with van der Waals surface area (Å²) in [5.74, 6) is -0.609. The number of ketones is 1. The number of carbonyl (C=O) groups excluding carboxylic acids is 1. The Morgan fingerprint density at radius 2 is 1.42 bits per heavy atom. The Morgan fingerprint density at radius 1 is 0.833 bits per heavy atom. The van der Waals surface area contributed by atoms with Gasteiger partial charge in [0.2, 0.25) is 0 Å². The number of benzene rings is 3. The minimum absolute atomic E-state index is 0.0199. The van der Waals surface area contributed by atoms with Crippen molar-refractivity contribution in [2.24, 2.45) is 0 Å². The van der Waals surface area contributed by atoms with Crippen molar-refractivity contribution in [1.82, 2.24) is 0 Å². The van der Waals surface area contributed by atoms with Crippen molar-refractivity contribution in [3.63, 3.8) is 0 Å². The molecule has 0 aliphatic rings. The lowest BCUT2D eigenvalue weighted by atomic mass is 9.89. The number of hydrogen-bond donors (Lipinski definition) is 2. The summed E-state index contributed by atoms with van der Waals surface area (Å²) in [7, 11) is 0. The van der Waals surface area contributed by atoms with Gasteiger partial charge in [0, 0.05) is 23.1 Å². The van der Waals surface area contributed by atoms with Crippen LogP contribution in [-0.4, -0.2) is 16.0 Å². The maximum absolute atomic E-state index is 12.6. The average Bonchev–Trinajstić information content (AvgIpc) is 2.62. The summed E-state index contributed by atoms with van der Waals surface area (Å²) >= 11 is 0. The fourth-order valence-electron chi connectivity index (χ4n) is 2.79. The van der Waals surface area contributed by atoms with Crippen molar-refractivity contribution in [3.8, 4) is 11.5 Å². The molecule has 0 spiro atoms. The molecule has 0 saturated carbocycles. The van der Waals surface area contributed by atoms with Crippen molar-refractivity contribution in [2.45, 2.75) is 12.8 Å². The summed E-state index contributed by atoms with van der Waals surface area (Å²) in [5, 5.41) is 20.3. The van der Waals surface area contributed by atoms with Gasteiger partial charge in [-0.3, -0.25) is 4.79 Å². The second kappa shape index (κ2) is 6.59. The molecule has 0 aliphatic carbocycles. The Morgan fingerprint density at radius 3 is 2.04 bits per heavy atom. The fourth-order valence-corrected chi connectivity index (χ4v) is 2.79. The summed E-state index contributed by atoms with van der Waals surface area (Å²) in [5.41, 5.74) is 2.32. The molecular weight excluding hydrogens is 300 g/mol. The number of phenols is 2. The Hall–Kier alpha value is -3.07. The minimum atomic E-state index is -0.269. The largest absolute Gasteiger partial charge is 0.508 e. The van der Waals surface area contributed by atoms with E-state index in [-0.39, 0.29) is 28.8 Å². The van der Waals surface area contributed by atoms with E-state index in [1.54, 1.807) is 30.3 Å². The van der Waals surface area contributed by atoms with Gasteiger partial charge in [-0.2, -0.15) is 0 Å². The molecule has 0 amide bonds. The molecule has 0 saturated heterocycles. The Bertz CT molecular complexity index is 855. The van der Waals surface area contributed by atoms with Crippen LogP contribution in [0.3, 0.4) is 0 Å². The van der Waals surface area contributed by atoms with Crippen LogP contribution in [0, 0.1) is 0 Å². The summed E-state index contributed by atoms with van der Waals surface area (Å²) in [6.45, 7) is 1.96. The molecule has 120 valence electrons. The number of aromatic hydroxyl groups is 2. The van der Waals surface area contributed by atoms with Gasteiger partial charge >= 0.3 is 0 Å². The first kappa shape index (κ1) is 15.8. The zero-order chi connectivity index (χ0) is 17.1. The number of phenolic OH excluding ortho intramolecular Hbond substituents is 2. The van der Waals surface area contributed by atoms with Gasteiger partial charge in [0.25, 0.3) is 0 Å². The molecule has 2 N–H and O–H groups in total. The number of rotatable bonds is 4. The summed E-state index contributed by atoms with van der Waals surface area (Å²) < 4.78 is 0. The highest BCUT2D eigenvalue weighted by Crippen LogP contribution is 2.36. The van der Waals surface area contributed by atoms with Gasteiger partial charge in [-0.25, -0.2) is 0 Å². The second-order valence-electron chi connectivity index (χ2n) is 5.76. The fraction of sp³-hybridized carbons (Fsp3) is 0.0952. The van der Waals surface area contributed by atoms with Crippen molar-refractivity contribution in [2.75, 3.05) is 0 Å². The van der Waals surface area contributed by atoms with E-state index >= 15 is 0 Å². The van der Waals surface area contributed by atoms with Crippen LogP contribution >= 0.6 is 0 Å². The Kier molecular flexibility index (Phi) is 4.34. The van der Waals surface area contributed by atoms with Gasteiger partial charge in [-0.1, -0.05) is 67.6 Å². The third-order valence-corrected chi connectivity index (χ3v) is 4.19. The minimum Gasteiger partial charge on any atom is -0.508 e. The standard InChI is InChI=1S/C21H18O3/c1-14(15-8-4-2-5-9-15)17-12-18(20(23)13-19(17)22)21(24)16-10-6-3-7-11-16/h2-14,22-23H,1H3. The van der Waals surface area contributed by atoms with Crippen LogP contribution in [0.5, 0.6) is 11.5 Å². The lowest BCUT2D eigenvalue weighted by Crippen LogP contribution is -2.04. The van der Waals surface area contributed by atoms with Crippen LogP contribution in [0.15, 0.2) is 72.8 Å². The van der Waals surface area contributed by atoms with E-state index in [0.29, 0.717) is 11.1 Å². The van der Waals surface area contributed by atoms with Gasteiger partial charge < -0.3 is 10.2 Å². The summed E-state index contributed by atoms with van der Waals surface area (Å²) in [4.78, 5) is 12.6. The molecule has 0 radical (unpaired) electrons.